The van der Waals surface area contributed by atoms with Crippen molar-refractivity contribution in [2.45, 2.75) is 44.6 Å². The van der Waals surface area contributed by atoms with Gasteiger partial charge in [0, 0.05) is 39.1 Å². The highest BCUT2D eigenvalue weighted by atomic mass is 16.2. The molecule has 122 valence electrons. The van der Waals surface area contributed by atoms with Crippen LogP contribution in [0.2, 0.25) is 0 Å². The van der Waals surface area contributed by atoms with E-state index in [-0.39, 0.29) is 30.2 Å². The fraction of sp³-hybridized carbons (Fsp3) is 0.812. The van der Waals surface area contributed by atoms with Gasteiger partial charge in [0.05, 0.1) is 12.5 Å². The summed E-state index contributed by atoms with van der Waals surface area (Å²) in [6.45, 7) is 2.74. The van der Waals surface area contributed by atoms with E-state index in [2.05, 4.69) is 4.90 Å². The Morgan fingerprint density at radius 1 is 1.00 bits per heavy atom. The summed E-state index contributed by atoms with van der Waals surface area (Å²) in [6.07, 6.45) is 5.93. The lowest BCUT2D eigenvalue weighted by Gasteiger charge is -2.38. The highest BCUT2D eigenvalue weighted by molar-refractivity contribution is 6.05. The zero-order valence-corrected chi connectivity index (χ0v) is 13.3. The first-order valence-electron chi connectivity index (χ1n) is 8.41. The molecule has 2 heterocycles. The average Bonchev–Trinajstić information content (AvgIpc) is 2.83. The van der Waals surface area contributed by atoms with Gasteiger partial charge in [-0.1, -0.05) is 19.3 Å². The molecule has 0 spiro atoms. The third-order valence-electron chi connectivity index (χ3n) is 5.38. The highest BCUT2D eigenvalue weighted by Crippen LogP contribution is 2.26. The van der Waals surface area contributed by atoms with Gasteiger partial charge in [0.1, 0.15) is 0 Å². The maximum absolute atomic E-state index is 12.5. The Morgan fingerprint density at radius 2 is 1.64 bits per heavy atom. The molecule has 3 aliphatic rings. The number of hydrogen-bond acceptors (Lipinski definition) is 4. The van der Waals surface area contributed by atoms with Gasteiger partial charge in [-0.25, -0.2) is 0 Å². The molecule has 6 nitrogen and oxygen atoms in total. The summed E-state index contributed by atoms with van der Waals surface area (Å²) in [5.41, 5.74) is 0. The predicted octanol–water partition coefficient (Wildman–Crippen LogP) is 0.468. The van der Waals surface area contributed by atoms with Crippen molar-refractivity contribution in [2.75, 3.05) is 33.2 Å². The summed E-state index contributed by atoms with van der Waals surface area (Å²) >= 11 is 0. The molecule has 3 amide bonds. The number of piperazine rings is 1. The van der Waals surface area contributed by atoms with Gasteiger partial charge in [0.2, 0.25) is 17.7 Å². The van der Waals surface area contributed by atoms with Crippen LogP contribution in [-0.4, -0.2) is 71.7 Å². The van der Waals surface area contributed by atoms with Crippen molar-refractivity contribution in [2.24, 2.45) is 5.92 Å². The molecule has 3 rings (SSSR count). The maximum Gasteiger partial charge on any atom is 0.246 e. The number of imide groups is 1. The molecular weight excluding hydrogens is 282 g/mol. The Bertz CT molecular complexity index is 465. The van der Waals surface area contributed by atoms with Crippen LogP contribution in [0.5, 0.6) is 0 Å². The third-order valence-corrected chi connectivity index (χ3v) is 5.38. The minimum absolute atomic E-state index is 0.0999. The molecule has 2 aliphatic heterocycles. The molecule has 1 unspecified atom stereocenters. The lowest BCUT2D eigenvalue weighted by Crippen LogP contribution is -2.54. The molecule has 1 saturated carbocycles. The van der Waals surface area contributed by atoms with Crippen LogP contribution < -0.4 is 0 Å². The molecular formula is C16H25N3O3. The van der Waals surface area contributed by atoms with Gasteiger partial charge in [-0.15, -0.1) is 0 Å². The van der Waals surface area contributed by atoms with Crippen LogP contribution in [0.15, 0.2) is 0 Å². The molecule has 0 radical (unpaired) electrons. The molecule has 1 aliphatic carbocycles. The third kappa shape index (κ3) is 2.89. The Morgan fingerprint density at radius 3 is 2.18 bits per heavy atom. The minimum Gasteiger partial charge on any atom is -0.340 e. The number of hydrogen-bond donors (Lipinski definition) is 0. The molecule has 0 bridgehead atoms. The van der Waals surface area contributed by atoms with Gasteiger partial charge >= 0.3 is 0 Å². The highest BCUT2D eigenvalue weighted by Gasteiger charge is 2.41. The first-order chi connectivity index (χ1) is 10.6. The van der Waals surface area contributed by atoms with E-state index in [4.69, 9.17) is 0 Å². The molecule has 6 heteroatoms. The molecule has 0 aromatic heterocycles. The van der Waals surface area contributed by atoms with E-state index in [1.54, 1.807) is 7.05 Å². The summed E-state index contributed by atoms with van der Waals surface area (Å²) in [7, 11) is 1.55. The topological polar surface area (TPSA) is 60.9 Å². The van der Waals surface area contributed by atoms with Gasteiger partial charge in [-0.2, -0.15) is 0 Å². The SMILES string of the molecule is CN1C(=O)CC(N2CCN(C(=O)C3CCCCC3)CC2)C1=O. The smallest absolute Gasteiger partial charge is 0.246 e. The number of carbonyl (C=O) groups is 3. The molecule has 3 fully saturated rings. The van der Waals surface area contributed by atoms with Crippen LogP contribution >= 0.6 is 0 Å². The van der Waals surface area contributed by atoms with Gasteiger partial charge in [0.25, 0.3) is 0 Å². The van der Waals surface area contributed by atoms with E-state index in [1.807, 2.05) is 4.90 Å². The van der Waals surface area contributed by atoms with Crippen molar-refractivity contribution in [3.8, 4) is 0 Å². The number of carbonyl (C=O) groups excluding carboxylic acids is 3. The van der Waals surface area contributed by atoms with E-state index in [0.29, 0.717) is 32.1 Å². The standard InChI is InChI=1S/C16H25N3O3/c1-17-14(20)11-13(16(17)22)18-7-9-19(10-8-18)15(21)12-5-3-2-4-6-12/h12-13H,2-11H2,1H3. The van der Waals surface area contributed by atoms with E-state index in [9.17, 15) is 14.4 Å². The van der Waals surface area contributed by atoms with E-state index >= 15 is 0 Å². The lowest BCUT2D eigenvalue weighted by molar-refractivity contribution is -0.139. The van der Waals surface area contributed by atoms with Crippen LogP contribution in [0, 0.1) is 5.92 Å². The number of likely N-dealkylation sites (tertiary alicyclic amines) is 1. The second-order valence-electron chi connectivity index (χ2n) is 6.71. The van der Waals surface area contributed by atoms with Gasteiger partial charge in [-0.3, -0.25) is 24.2 Å². The monoisotopic (exact) mass is 307 g/mol. The predicted molar refractivity (Wildman–Crippen MR) is 80.9 cm³/mol. The number of rotatable bonds is 2. The Labute approximate surface area is 131 Å². The minimum atomic E-state index is -0.315. The second kappa shape index (κ2) is 6.36. The number of likely N-dealkylation sites (N-methyl/N-ethyl adjacent to an activating group) is 1. The largest absolute Gasteiger partial charge is 0.340 e. The fourth-order valence-corrected chi connectivity index (χ4v) is 3.88. The van der Waals surface area contributed by atoms with Crippen molar-refractivity contribution in [1.29, 1.82) is 0 Å². The summed E-state index contributed by atoms with van der Waals surface area (Å²) in [5.74, 6) is 0.305. The summed E-state index contributed by atoms with van der Waals surface area (Å²) in [4.78, 5) is 41.5. The molecule has 1 atom stereocenters. The van der Waals surface area contributed by atoms with Crippen LogP contribution in [0.1, 0.15) is 38.5 Å². The molecule has 2 saturated heterocycles. The van der Waals surface area contributed by atoms with E-state index in [0.717, 1.165) is 12.8 Å². The fourth-order valence-electron chi connectivity index (χ4n) is 3.88. The zero-order chi connectivity index (χ0) is 15.7. The molecule has 0 N–H and O–H groups in total. The average molecular weight is 307 g/mol. The molecule has 0 aromatic carbocycles. The summed E-state index contributed by atoms with van der Waals surface area (Å²) < 4.78 is 0. The van der Waals surface area contributed by atoms with Crippen LogP contribution in [0.4, 0.5) is 0 Å². The van der Waals surface area contributed by atoms with E-state index < -0.39 is 0 Å². The van der Waals surface area contributed by atoms with E-state index in [1.165, 1.54) is 24.2 Å². The quantitative estimate of drug-likeness (QED) is 0.696. The van der Waals surface area contributed by atoms with Crippen molar-refractivity contribution >= 4 is 17.7 Å². The van der Waals surface area contributed by atoms with Crippen LogP contribution in [-0.2, 0) is 14.4 Å². The normalized spacial score (nSPS) is 28.5. The first kappa shape index (κ1) is 15.5. The van der Waals surface area contributed by atoms with Crippen molar-refractivity contribution in [3.05, 3.63) is 0 Å². The van der Waals surface area contributed by atoms with Crippen LogP contribution in [0.25, 0.3) is 0 Å². The van der Waals surface area contributed by atoms with Gasteiger partial charge < -0.3 is 4.90 Å². The summed E-state index contributed by atoms with van der Waals surface area (Å²) in [6, 6.07) is -0.315. The number of amides is 3. The van der Waals surface area contributed by atoms with Crippen LogP contribution in [0.3, 0.4) is 0 Å². The van der Waals surface area contributed by atoms with Crippen molar-refractivity contribution in [3.63, 3.8) is 0 Å². The molecule has 22 heavy (non-hydrogen) atoms. The Balaban J connectivity index is 1.53. The van der Waals surface area contributed by atoms with Gasteiger partial charge in [-0.05, 0) is 12.8 Å². The first-order valence-corrected chi connectivity index (χ1v) is 8.41. The summed E-state index contributed by atoms with van der Waals surface area (Å²) in [5, 5.41) is 0. The Hall–Kier alpha value is -1.43. The van der Waals surface area contributed by atoms with Crippen molar-refractivity contribution in [1.82, 2.24) is 14.7 Å². The number of nitrogens with zero attached hydrogens (tertiary/aromatic N) is 3. The second-order valence-corrected chi connectivity index (χ2v) is 6.71. The zero-order valence-electron chi connectivity index (χ0n) is 13.3. The van der Waals surface area contributed by atoms with Gasteiger partial charge in [0.15, 0.2) is 0 Å². The molecule has 0 aromatic rings. The lowest BCUT2D eigenvalue weighted by atomic mass is 9.88. The van der Waals surface area contributed by atoms with Crippen molar-refractivity contribution < 1.29 is 14.4 Å². The maximum atomic E-state index is 12.5. The Kier molecular flexibility index (Phi) is 4.47.